The largest absolute Gasteiger partial charge is 0.497 e. The van der Waals surface area contributed by atoms with Crippen molar-refractivity contribution >= 4 is 11.0 Å². The molecule has 0 radical (unpaired) electrons. The first-order chi connectivity index (χ1) is 10.2. The van der Waals surface area contributed by atoms with Crippen molar-refractivity contribution in [2.45, 2.75) is 38.8 Å². The van der Waals surface area contributed by atoms with Crippen LogP contribution in [0.15, 0.2) is 33.5 Å². The van der Waals surface area contributed by atoms with Crippen LogP contribution in [0.2, 0.25) is 0 Å². The van der Waals surface area contributed by atoms with E-state index < -0.39 is 0 Å². The molecule has 4 nitrogen and oxygen atoms in total. The molecular formula is C17H21NO3. The molecule has 0 bridgehead atoms. The number of benzene rings is 1. The Morgan fingerprint density at radius 3 is 2.95 bits per heavy atom. The van der Waals surface area contributed by atoms with E-state index in [0.29, 0.717) is 17.4 Å². The van der Waals surface area contributed by atoms with Gasteiger partial charge in [0.15, 0.2) is 0 Å². The van der Waals surface area contributed by atoms with Crippen molar-refractivity contribution in [3.8, 4) is 5.75 Å². The maximum Gasteiger partial charge on any atom is 0.336 e. The van der Waals surface area contributed by atoms with Gasteiger partial charge in [0, 0.05) is 30.1 Å². The number of hydrogen-bond donors (Lipinski definition) is 0. The van der Waals surface area contributed by atoms with Crippen molar-refractivity contribution in [1.82, 2.24) is 4.90 Å². The fourth-order valence-corrected chi connectivity index (χ4v) is 3.08. The van der Waals surface area contributed by atoms with Crippen molar-refractivity contribution in [2.24, 2.45) is 0 Å². The predicted molar refractivity (Wildman–Crippen MR) is 82.8 cm³/mol. The van der Waals surface area contributed by atoms with Gasteiger partial charge in [0.1, 0.15) is 11.3 Å². The molecule has 3 rings (SSSR count). The molecule has 1 fully saturated rings. The van der Waals surface area contributed by atoms with E-state index in [2.05, 4.69) is 11.8 Å². The highest BCUT2D eigenvalue weighted by molar-refractivity contribution is 5.81. The minimum absolute atomic E-state index is 0.296. The molecule has 0 amide bonds. The highest BCUT2D eigenvalue weighted by atomic mass is 16.5. The summed E-state index contributed by atoms with van der Waals surface area (Å²) in [5, 5.41) is 0.994. The molecule has 0 spiro atoms. The molecule has 1 aliphatic heterocycles. The fraction of sp³-hybridized carbons (Fsp3) is 0.471. The predicted octanol–water partition coefficient (Wildman–Crippen LogP) is 3.18. The Labute approximate surface area is 124 Å². The van der Waals surface area contributed by atoms with Gasteiger partial charge in [0.25, 0.3) is 0 Å². The second-order valence-electron chi connectivity index (χ2n) is 5.77. The van der Waals surface area contributed by atoms with Crippen LogP contribution < -0.4 is 10.4 Å². The van der Waals surface area contributed by atoms with Crippen molar-refractivity contribution in [2.75, 3.05) is 13.7 Å². The van der Waals surface area contributed by atoms with Gasteiger partial charge in [0.05, 0.1) is 7.11 Å². The number of hydrogen-bond acceptors (Lipinski definition) is 4. The summed E-state index contributed by atoms with van der Waals surface area (Å²) < 4.78 is 10.5. The molecule has 1 atom stereocenters. The third kappa shape index (κ3) is 2.95. The van der Waals surface area contributed by atoms with Gasteiger partial charge in [-0.25, -0.2) is 4.79 Å². The van der Waals surface area contributed by atoms with E-state index in [1.165, 1.54) is 19.3 Å². The Morgan fingerprint density at radius 2 is 2.19 bits per heavy atom. The number of likely N-dealkylation sites (tertiary alicyclic amines) is 1. The minimum Gasteiger partial charge on any atom is -0.497 e. The first kappa shape index (κ1) is 14.1. The highest BCUT2D eigenvalue weighted by Crippen LogP contribution is 2.25. The van der Waals surface area contributed by atoms with E-state index in [4.69, 9.17) is 9.15 Å². The van der Waals surface area contributed by atoms with E-state index in [-0.39, 0.29) is 5.63 Å². The van der Waals surface area contributed by atoms with Gasteiger partial charge in [-0.15, -0.1) is 0 Å². The Balaban J connectivity index is 1.99. The molecule has 1 aromatic carbocycles. The second-order valence-corrected chi connectivity index (χ2v) is 5.77. The van der Waals surface area contributed by atoms with Gasteiger partial charge in [0.2, 0.25) is 0 Å². The number of methoxy groups -OCH3 is 1. The summed E-state index contributed by atoms with van der Waals surface area (Å²) in [5.74, 6) is 0.703. The molecule has 0 N–H and O–H groups in total. The zero-order valence-electron chi connectivity index (χ0n) is 12.6. The van der Waals surface area contributed by atoms with Crippen LogP contribution in [0.4, 0.5) is 0 Å². The van der Waals surface area contributed by atoms with Crippen LogP contribution in [0.1, 0.15) is 31.7 Å². The SMILES string of the molecule is COc1ccc2c(CN3CCCC[C@@H]3C)cc(=O)oc2c1. The number of piperidine rings is 1. The number of nitrogens with zero attached hydrogens (tertiary/aromatic N) is 1. The maximum atomic E-state index is 11.8. The standard InChI is InChI=1S/C17H21NO3/c1-12-5-3-4-8-18(12)11-13-9-17(19)21-16-10-14(20-2)6-7-15(13)16/h6-7,9-10,12H,3-5,8,11H2,1-2H3/t12-/m0/s1. The van der Waals surface area contributed by atoms with Gasteiger partial charge >= 0.3 is 5.63 Å². The van der Waals surface area contributed by atoms with Crippen molar-refractivity contribution in [3.05, 3.63) is 40.2 Å². The van der Waals surface area contributed by atoms with Gasteiger partial charge < -0.3 is 9.15 Å². The number of ether oxygens (including phenoxy) is 1. The molecule has 4 heteroatoms. The molecule has 2 aromatic rings. The summed E-state index contributed by atoms with van der Waals surface area (Å²) in [6, 6.07) is 7.85. The van der Waals surface area contributed by atoms with Crippen LogP contribution >= 0.6 is 0 Å². The molecule has 112 valence electrons. The average Bonchev–Trinajstić information content (AvgIpc) is 2.48. The monoisotopic (exact) mass is 287 g/mol. The van der Waals surface area contributed by atoms with E-state index in [1.807, 2.05) is 12.1 Å². The van der Waals surface area contributed by atoms with Crippen LogP contribution in [0.3, 0.4) is 0 Å². The maximum absolute atomic E-state index is 11.8. The van der Waals surface area contributed by atoms with Crippen LogP contribution in [0, 0.1) is 0 Å². The molecule has 1 aromatic heterocycles. The Hall–Kier alpha value is -1.81. The fourth-order valence-electron chi connectivity index (χ4n) is 3.08. The third-order valence-electron chi connectivity index (χ3n) is 4.35. The van der Waals surface area contributed by atoms with Gasteiger partial charge in [-0.3, -0.25) is 4.90 Å². The lowest BCUT2D eigenvalue weighted by Crippen LogP contribution is -2.36. The van der Waals surface area contributed by atoms with E-state index in [9.17, 15) is 4.79 Å². The molecular weight excluding hydrogens is 266 g/mol. The molecule has 1 aliphatic rings. The smallest absolute Gasteiger partial charge is 0.336 e. The molecule has 0 saturated carbocycles. The quantitative estimate of drug-likeness (QED) is 0.813. The van der Waals surface area contributed by atoms with Gasteiger partial charge in [-0.1, -0.05) is 6.42 Å². The molecule has 21 heavy (non-hydrogen) atoms. The Kier molecular flexibility index (Phi) is 3.97. The topological polar surface area (TPSA) is 42.7 Å². The number of rotatable bonds is 3. The summed E-state index contributed by atoms with van der Waals surface area (Å²) in [5.41, 5.74) is 1.34. The number of fused-ring (bicyclic) bond motifs is 1. The van der Waals surface area contributed by atoms with Crippen molar-refractivity contribution in [1.29, 1.82) is 0 Å². The molecule has 0 aliphatic carbocycles. The van der Waals surface area contributed by atoms with Crippen molar-refractivity contribution in [3.63, 3.8) is 0 Å². The summed E-state index contributed by atoms with van der Waals surface area (Å²) in [4.78, 5) is 14.2. The molecule has 0 unspecified atom stereocenters. The minimum atomic E-state index is -0.296. The van der Waals surface area contributed by atoms with E-state index in [0.717, 1.165) is 24.0 Å². The zero-order valence-corrected chi connectivity index (χ0v) is 12.6. The van der Waals surface area contributed by atoms with Crippen LogP contribution in [-0.4, -0.2) is 24.6 Å². The highest BCUT2D eigenvalue weighted by Gasteiger charge is 2.19. The normalized spacial score (nSPS) is 19.8. The lowest BCUT2D eigenvalue weighted by Gasteiger charge is -2.33. The Morgan fingerprint density at radius 1 is 1.33 bits per heavy atom. The third-order valence-corrected chi connectivity index (χ3v) is 4.35. The van der Waals surface area contributed by atoms with Crippen LogP contribution in [-0.2, 0) is 6.54 Å². The van der Waals surface area contributed by atoms with Crippen molar-refractivity contribution < 1.29 is 9.15 Å². The first-order valence-corrected chi connectivity index (χ1v) is 7.52. The molecule has 2 heterocycles. The second kappa shape index (κ2) is 5.90. The summed E-state index contributed by atoms with van der Waals surface area (Å²) in [7, 11) is 1.61. The summed E-state index contributed by atoms with van der Waals surface area (Å²) in [6.45, 7) is 4.16. The molecule has 1 saturated heterocycles. The van der Waals surface area contributed by atoms with Gasteiger partial charge in [-0.05, 0) is 44.0 Å². The van der Waals surface area contributed by atoms with Crippen LogP contribution in [0.25, 0.3) is 11.0 Å². The van der Waals surface area contributed by atoms with E-state index in [1.54, 1.807) is 19.2 Å². The van der Waals surface area contributed by atoms with Gasteiger partial charge in [-0.2, -0.15) is 0 Å². The van der Waals surface area contributed by atoms with E-state index >= 15 is 0 Å². The first-order valence-electron chi connectivity index (χ1n) is 7.52. The Bertz CT molecular complexity index is 692. The van der Waals surface area contributed by atoms with Crippen LogP contribution in [0.5, 0.6) is 5.75 Å². The lowest BCUT2D eigenvalue weighted by atomic mass is 10.0. The zero-order chi connectivity index (χ0) is 14.8. The lowest BCUT2D eigenvalue weighted by molar-refractivity contribution is 0.153. The summed E-state index contributed by atoms with van der Waals surface area (Å²) >= 11 is 0. The summed E-state index contributed by atoms with van der Waals surface area (Å²) in [6.07, 6.45) is 3.76. The average molecular weight is 287 g/mol.